The molecule has 4 nitrogen and oxygen atoms in total. The van der Waals surface area contributed by atoms with Crippen LogP contribution < -0.4 is 10.2 Å². The molecule has 1 fully saturated rings. The molecule has 1 heterocycles. The van der Waals surface area contributed by atoms with Crippen molar-refractivity contribution >= 4 is 22.7 Å². The van der Waals surface area contributed by atoms with Gasteiger partial charge < -0.3 is 10.2 Å². The fraction of sp³-hybridized carbons (Fsp3) is 0.467. The summed E-state index contributed by atoms with van der Waals surface area (Å²) < 4.78 is 0. The van der Waals surface area contributed by atoms with Crippen LogP contribution in [0.2, 0.25) is 0 Å². The van der Waals surface area contributed by atoms with Crippen LogP contribution in [-0.2, 0) is 0 Å². The molecule has 1 aliphatic carbocycles. The van der Waals surface area contributed by atoms with E-state index >= 15 is 0 Å². The standard InChI is InChI=1S/C15H20N4/c1-10(11-8-9-11)19(3)14-12-6-4-5-7-13(12)17-15(16-2)18-14/h4-7,10-11H,8-9H2,1-3H3,(H,16,17,18). The van der Waals surface area contributed by atoms with Crippen LogP contribution in [0.15, 0.2) is 24.3 Å². The van der Waals surface area contributed by atoms with Gasteiger partial charge in [-0.05, 0) is 37.8 Å². The maximum Gasteiger partial charge on any atom is 0.224 e. The summed E-state index contributed by atoms with van der Waals surface area (Å²) in [6, 6.07) is 8.73. The number of hydrogen-bond donors (Lipinski definition) is 1. The summed E-state index contributed by atoms with van der Waals surface area (Å²) in [5.74, 6) is 2.52. The molecule has 1 saturated carbocycles. The molecule has 19 heavy (non-hydrogen) atoms. The highest BCUT2D eigenvalue weighted by atomic mass is 15.2. The number of nitrogens with one attached hydrogen (secondary N) is 1. The molecule has 1 N–H and O–H groups in total. The minimum Gasteiger partial charge on any atom is -0.357 e. The van der Waals surface area contributed by atoms with Gasteiger partial charge in [-0.25, -0.2) is 4.98 Å². The van der Waals surface area contributed by atoms with Crippen molar-refractivity contribution in [1.29, 1.82) is 0 Å². The van der Waals surface area contributed by atoms with Crippen molar-refractivity contribution < 1.29 is 0 Å². The maximum atomic E-state index is 4.65. The minimum atomic E-state index is 0.531. The third-order valence-corrected chi connectivity index (χ3v) is 4.06. The number of aromatic nitrogens is 2. The number of nitrogens with zero attached hydrogens (tertiary/aromatic N) is 3. The van der Waals surface area contributed by atoms with Gasteiger partial charge in [-0.15, -0.1) is 0 Å². The second-order valence-corrected chi connectivity index (χ2v) is 5.33. The van der Waals surface area contributed by atoms with E-state index in [1.165, 1.54) is 12.8 Å². The summed E-state index contributed by atoms with van der Waals surface area (Å²) in [4.78, 5) is 11.5. The zero-order valence-electron chi connectivity index (χ0n) is 11.7. The summed E-state index contributed by atoms with van der Waals surface area (Å²) in [6.45, 7) is 2.29. The van der Waals surface area contributed by atoms with Gasteiger partial charge in [0.2, 0.25) is 5.95 Å². The van der Waals surface area contributed by atoms with E-state index in [0.717, 1.165) is 22.6 Å². The molecule has 1 aliphatic rings. The fourth-order valence-electron chi connectivity index (χ4n) is 2.53. The maximum absolute atomic E-state index is 4.65. The lowest BCUT2D eigenvalue weighted by atomic mass is 10.1. The Balaban J connectivity index is 2.09. The molecule has 1 atom stereocenters. The summed E-state index contributed by atoms with van der Waals surface area (Å²) >= 11 is 0. The van der Waals surface area contributed by atoms with Gasteiger partial charge in [0.1, 0.15) is 5.82 Å². The molecule has 4 heteroatoms. The second-order valence-electron chi connectivity index (χ2n) is 5.33. The number of benzene rings is 1. The molecule has 0 aliphatic heterocycles. The number of fused-ring (bicyclic) bond motifs is 1. The second kappa shape index (κ2) is 4.68. The highest BCUT2D eigenvalue weighted by molar-refractivity contribution is 5.90. The lowest BCUT2D eigenvalue weighted by Crippen LogP contribution is -2.31. The lowest BCUT2D eigenvalue weighted by Gasteiger charge is -2.27. The van der Waals surface area contributed by atoms with Gasteiger partial charge in [0.05, 0.1) is 5.52 Å². The predicted octanol–water partition coefficient (Wildman–Crippen LogP) is 2.91. The Bertz CT molecular complexity index is 592. The first-order valence-corrected chi connectivity index (χ1v) is 6.88. The van der Waals surface area contributed by atoms with E-state index < -0.39 is 0 Å². The molecule has 0 amide bonds. The highest BCUT2D eigenvalue weighted by Gasteiger charge is 2.31. The van der Waals surface area contributed by atoms with Gasteiger partial charge in [0.25, 0.3) is 0 Å². The van der Waals surface area contributed by atoms with Crippen molar-refractivity contribution in [2.24, 2.45) is 5.92 Å². The van der Waals surface area contributed by atoms with E-state index in [0.29, 0.717) is 12.0 Å². The summed E-state index contributed by atoms with van der Waals surface area (Å²) in [6.07, 6.45) is 2.68. The van der Waals surface area contributed by atoms with Gasteiger partial charge in [-0.3, -0.25) is 0 Å². The Morgan fingerprint density at radius 2 is 2.00 bits per heavy atom. The molecule has 100 valence electrons. The van der Waals surface area contributed by atoms with Gasteiger partial charge >= 0.3 is 0 Å². The summed E-state index contributed by atoms with van der Waals surface area (Å²) in [5, 5.41) is 4.17. The van der Waals surface area contributed by atoms with Crippen LogP contribution in [0.4, 0.5) is 11.8 Å². The first-order chi connectivity index (χ1) is 9.20. The Kier molecular flexibility index (Phi) is 3.01. The molecule has 0 radical (unpaired) electrons. The van der Waals surface area contributed by atoms with Crippen molar-refractivity contribution in [3.05, 3.63) is 24.3 Å². The van der Waals surface area contributed by atoms with Crippen LogP contribution in [0.25, 0.3) is 10.9 Å². The van der Waals surface area contributed by atoms with Gasteiger partial charge in [0.15, 0.2) is 0 Å². The fourth-order valence-corrected chi connectivity index (χ4v) is 2.53. The van der Waals surface area contributed by atoms with Gasteiger partial charge in [-0.1, -0.05) is 12.1 Å². The van der Waals surface area contributed by atoms with Crippen LogP contribution in [0.3, 0.4) is 0 Å². The van der Waals surface area contributed by atoms with Crippen molar-refractivity contribution in [1.82, 2.24) is 9.97 Å². The molecule has 1 aromatic heterocycles. The van der Waals surface area contributed by atoms with Gasteiger partial charge in [0, 0.05) is 25.5 Å². The first kappa shape index (κ1) is 12.2. The van der Waals surface area contributed by atoms with Crippen molar-refractivity contribution in [3.8, 4) is 0 Å². The van der Waals surface area contributed by atoms with Crippen molar-refractivity contribution in [3.63, 3.8) is 0 Å². The molecule has 0 saturated heterocycles. The third-order valence-electron chi connectivity index (χ3n) is 4.06. The zero-order valence-corrected chi connectivity index (χ0v) is 11.7. The van der Waals surface area contributed by atoms with Gasteiger partial charge in [-0.2, -0.15) is 4.98 Å². The molecular formula is C15H20N4. The molecule has 3 rings (SSSR count). The molecule has 1 aromatic carbocycles. The molecule has 2 aromatic rings. The van der Waals surface area contributed by atoms with Crippen LogP contribution in [-0.4, -0.2) is 30.1 Å². The van der Waals surface area contributed by atoms with E-state index in [9.17, 15) is 0 Å². The number of anilines is 2. The molecule has 1 unspecified atom stereocenters. The Morgan fingerprint density at radius 3 is 2.68 bits per heavy atom. The lowest BCUT2D eigenvalue weighted by molar-refractivity contribution is 0.605. The highest BCUT2D eigenvalue weighted by Crippen LogP contribution is 2.37. The topological polar surface area (TPSA) is 41.1 Å². The van der Waals surface area contributed by atoms with E-state index in [2.05, 4.69) is 40.2 Å². The number of rotatable bonds is 4. The monoisotopic (exact) mass is 256 g/mol. The van der Waals surface area contributed by atoms with E-state index in [1.807, 2.05) is 25.2 Å². The average Bonchev–Trinajstić information content (AvgIpc) is 3.29. The van der Waals surface area contributed by atoms with Crippen molar-refractivity contribution in [2.75, 3.05) is 24.3 Å². The van der Waals surface area contributed by atoms with Crippen LogP contribution in [0.5, 0.6) is 0 Å². The largest absolute Gasteiger partial charge is 0.357 e. The van der Waals surface area contributed by atoms with Crippen LogP contribution >= 0.6 is 0 Å². The number of hydrogen-bond acceptors (Lipinski definition) is 4. The zero-order chi connectivity index (χ0) is 13.4. The van der Waals surface area contributed by atoms with Crippen LogP contribution in [0.1, 0.15) is 19.8 Å². The van der Waals surface area contributed by atoms with E-state index in [-0.39, 0.29) is 0 Å². The van der Waals surface area contributed by atoms with E-state index in [4.69, 9.17) is 0 Å². The smallest absolute Gasteiger partial charge is 0.224 e. The third kappa shape index (κ3) is 2.23. The quantitative estimate of drug-likeness (QED) is 0.913. The number of para-hydroxylation sites is 1. The Labute approximate surface area is 113 Å². The predicted molar refractivity (Wildman–Crippen MR) is 79.7 cm³/mol. The van der Waals surface area contributed by atoms with Crippen LogP contribution in [0, 0.1) is 5.92 Å². The normalized spacial score (nSPS) is 16.4. The average molecular weight is 256 g/mol. The first-order valence-electron chi connectivity index (χ1n) is 6.88. The summed E-state index contributed by atoms with van der Waals surface area (Å²) in [5.41, 5.74) is 0.992. The van der Waals surface area contributed by atoms with Crippen molar-refractivity contribution in [2.45, 2.75) is 25.8 Å². The van der Waals surface area contributed by atoms with E-state index in [1.54, 1.807) is 0 Å². The molecule has 0 spiro atoms. The molecular weight excluding hydrogens is 236 g/mol. The Morgan fingerprint density at radius 1 is 1.26 bits per heavy atom. The Hall–Kier alpha value is -1.84. The minimum absolute atomic E-state index is 0.531. The SMILES string of the molecule is CNc1nc(N(C)C(C)C2CC2)c2ccccc2n1. The summed E-state index contributed by atoms with van der Waals surface area (Å²) in [7, 11) is 4.00. The molecule has 0 bridgehead atoms.